The minimum absolute atomic E-state index is 0.0213. The average Bonchev–Trinajstić information content (AvgIpc) is 3.12. The van der Waals surface area contributed by atoms with Gasteiger partial charge in [-0.15, -0.1) is 0 Å². The zero-order valence-corrected chi connectivity index (χ0v) is 15.9. The van der Waals surface area contributed by atoms with Crippen molar-refractivity contribution in [2.45, 2.75) is 43.8 Å². The molecule has 14 N–H and O–H groups in total. The summed E-state index contributed by atoms with van der Waals surface area (Å²) in [6.07, 6.45) is 3.15. The Bertz CT molecular complexity index is 695. The van der Waals surface area contributed by atoms with Crippen LogP contribution in [-0.2, 0) is 30.4 Å². The number of H-pyrrole nitrogens is 1. The highest BCUT2D eigenvalue weighted by Crippen LogP contribution is 1.95. The van der Waals surface area contributed by atoms with Crippen LogP contribution in [0.5, 0.6) is 0 Å². The third-order valence-corrected chi connectivity index (χ3v) is 3.07. The van der Waals surface area contributed by atoms with Crippen LogP contribution in [0.25, 0.3) is 0 Å². The fourth-order valence-corrected chi connectivity index (χ4v) is 1.45. The van der Waals surface area contributed by atoms with Crippen molar-refractivity contribution >= 4 is 29.7 Å². The van der Waals surface area contributed by atoms with Gasteiger partial charge in [-0.25, -0.2) is 4.98 Å². The molecule has 1 rings (SSSR count). The second kappa shape index (κ2) is 15.4. The lowest BCUT2D eigenvalue weighted by molar-refractivity contribution is -0.140. The SMILES string of the molecule is NC(=O)CC(N)C(=O)O.NC(=O)CCC(N)C(=O)O.NC(Cc1cnc[nH]1)C(=O)O. The number of hydrogen-bond acceptors (Lipinski definition) is 9. The number of rotatable bonds is 10. The summed E-state index contributed by atoms with van der Waals surface area (Å²) in [4.78, 5) is 56.8. The van der Waals surface area contributed by atoms with E-state index in [1.54, 1.807) is 6.20 Å². The van der Waals surface area contributed by atoms with Crippen LogP contribution in [0.4, 0.5) is 0 Å². The lowest BCUT2D eigenvalue weighted by Gasteiger charge is -2.02. The van der Waals surface area contributed by atoms with Gasteiger partial charge in [-0.1, -0.05) is 0 Å². The van der Waals surface area contributed by atoms with Crippen molar-refractivity contribution in [3.8, 4) is 0 Å². The minimum Gasteiger partial charge on any atom is -0.480 e. The Hall–Kier alpha value is -3.56. The van der Waals surface area contributed by atoms with Gasteiger partial charge >= 0.3 is 17.9 Å². The highest BCUT2D eigenvalue weighted by molar-refractivity contribution is 5.83. The van der Waals surface area contributed by atoms with Gasteiger partial charge in [-0.05, 0) is 6.42 Å². The third kappa shape index (κ3) is 16.6. The lowest BCUT2D eigenvalue weighted by Crippen LogP contribution is -2.34. The van der Waals surface area contributed by atoms with E-state index < -0.39 is 47.8 Å². The largest absolute Gasteiger partial charge is 0.480 e. The van der Waals surface area contributed by atoms with Crippen LogP contribution < -0.4 is 28.7 Å². The van der Waals surface area contributed by atoms with E-state index in [9.17, 15) is 24.0 Å². The van der Waals surface area contributed by atoms with Crippen LogP contribution in [-0.4, -0.2) is 73.1 Å². The molecule has 0 saturated carbocycles. The van der Waals surface area contributed by atoms with Crippen molar-refractivity contribution in [1.29, 1.82) is 0 Å². The molecule has 2 amide bonds. The summed E-state index contributed by atoms with van der Waals surface area (Å²) in [5.41, 5.74) is 25.4. The highest BCUT2D eigenvalue weighted by atomic mass is 16.4. The summed E-state index contributed by atoms with van der Waals surface area (Å²) >= 11 is 0. The van der Waals surface area contributed by atoms with E-state index >= 15 is 0 Å². The number of amides is 2. The predicted octanol–water partition coefficient (Wildman–Crippen LogP) is -3.70. The molecule has 3 atom stereocenters. The van der Waals surface area contributed by atoms with Crippen LogP contribution in [0.2, 0.25) is 0 Å². The van der Waals surface area contributed by atoms with Gasteiger partial charge in [0.25, 0.3) is 0 Å². The molecule has 0 bridgehead atoms. The van der Waals surface area contributed by atoms with E-state index in [1.807, 2.05) is 0 Å². The van der Waals surface area contributed by atoms with Gasteiger partial charge < -0.3 is 49.0 Å². The van der Waals surface area contributed by atoms with E-state index in [1.165, 1.54) is 6.33 Å². The van der Waals surface area contributed by atoms with Crippen molar-refractivity contribution in [3.63, 3.8) is 0 Å². The maximum Gasteiger partial charge on any atom is 0.321 e. The molecule has 0 spiro atoms. The first-order valence-electron chi connectivity index (χ1n) is 8.26. The van der Waals surface area contributed by atoms with Crippen LogP contribution in [0, 0.1) is 0 Å². The molecule has 1 aromatic heterocycles. The molecule has 170 valence electrons. The summed E-state index contributed by atoms with van der Waals surface area (Å²) in [6, 6.07) is -2.99. The van der Waals surface area contributed by atoms with Crippen LogP contribution in [0.15, 0.2) is 12.5 Å². The van der Waals surface area contributed by atoms with Crippen LogP contribution in [0.3, 0.4) is 0 Å². The molecule has 15 nitrogen and oxygen atoms in total. The molecule has 0 aliphatic carbocycles. The van der Waals surface area contributed by atoms with E-state index in [-0.39, 0.29) is 25.7 Å². The molecule has 0 saturated heterocycles. The van der Waals surface area contributed by atoms with Crippen LogP contribution >= 0.6 is 0 Å². The summed E-state index contributed by atoms with van der Waals surface area (Å²) in [5.74, 6) is -4.56. The predicted molar refractivity (Wildman–Crippen MR) is 101 cm³/mol. The van der Waals surface area contributed by atoms with Crippen molar-refractivity contribution in [1.82, 2.24) is 9.97 Å². The monoisotopic (exact) mass is 433 g/mol. The number of carbonyl (C=O) groups excluding carboxylic acids is 2. The smallest absolute Gasteiger partial charge is 0.321 e. The van der Waals surface area contributed by atoms with E-state index in [4.69, 9.17) is 38.3 Å². The van der Waals surface area contributed by atoms with Gasteiger partial charge in [0.2, 0.25) is 11.8 Å². The zero-order chi connectivity index (χ0) is 23.9. The summed E-state index contributed by atoms with van der Waals surface area (Å²) in [7, 11) is 0. The number of nitrogens with two attached hydrogens (primary N) is 5. The second-order valence-electron chi connectivity index (χ2n) is 5.79. The van der Waals surface area contributed by atoms with E-state index in [2.05, 4.69) is 15.7 Å². The normalized spacial score (nSPS) is 12.6. The van der Waals surface area contributed by atoms with Gasteiger partial charge in [0, 0.05) is 24.7 Å². The quantitative estimate of drug-likeness (QED) is 0.172. The Labute approximate surface area is 170 Å². The molecule has 30 heavy (non-hydrogen) atoms. The summed E-state index contributed by atoms with van der Waals surface area (Å²) in [5, 5.41) is 24.7. The Morgan fingerprint density at radius 2 is 1.37 bits per heavy atom. The van der Waals surface area contributed by atoms with Gasteiger partial charge in [0.15, 0.2) is 0 Å². The highest BCUT2D eigenvalue weighted by Gasteiger charge is 2.13. The number of aromatic nitrogens is 2. The molecule has 0 aliphatic rings. The van der Waals surface area contributed by atoms with Crippen molar-refractivity contribution < 1.29 is 39.3 Å². The van der Waals surface area contributed by atoms with Gasteiger partial charge in [-0.3, -0.25) is 24.0 Å². The van der Waals surface area contributed by atoms with Crippen molar-refractivity contribution in [2.24, 2.45) is 28.7 Å². The van der Waals surface area contributed by atoms with Crippen molar-refractivity contribution in [3.05, 3.63) is 18.2 Å². The number of primary amides is 2. The van der Waals surface area contributed by atoms with E-state index in [0.717, 1.165) is 5.69 Å². The first-order valence-corrected chi connectivity index (χ1v) is 8.26. The Morgan fingerprint density at radius 1 is 0.867 bits per heavy atom. The standard InChI is InChI=1S/C6H9N3O2.C5H10N2O3.C4H8N2O3/c7-5(6(10)11)1-4-2-8-3-9-4;6-3(5(9)10)1-2-4(7)8;5-2(4(8)9)1-3(6)7/h2-3,5H,1,7H2,(H,8,9)(H,10,11);3H,1-2,6H2,(H2,7,8)(H,9,10);2H,1,5H2,(H2,6,7)(H,8,9). The molecular weight excluding hydrogens is 406 g/mol. The fourth-order valence-electron chi connectivity index (χ4n) is 1.45. The van der Waals surface area contributed by atoms with Gasteiger partial charge in [-0.2, -0.15) is 0 Å². The number of nitrogens with zero attached hydrogens (tertiary/aromatic N) is 1. The Balaban J connectivity index is 0. The number of aromatic amines is 1. The molecule has 0 fully saturated rings. The first kappa shape index (κ1) is 28.6. The molecule has 1 heterocycles. The number of carbonyl (C=O) groups is 5. The second-order valence-corrected chi connectivity index (χ2v) is 5.79. The first-order chi connectivity index (χ1) is 13.8. The average molecular weight is 433 g/mol. The third-order valence-electron chi connectivity index (χ3n) is 3.07. The summed E-state index contributed by atoms with van der Waals surface area (Å²) < 4.78 is 0. The number of carboxylic acids is 3. The van der Waals surface area contributed by atoms with Crippen LogP contribution in [0.1, 0.15) is 25.0 Å². The molecule has 0 aliphatic heterocycles. The number of nitrogens with one attached hydrogen (secondary N) is 1. The molecular formula is C15H27N7O8. The fraction of sp³-hybridized carbons (Fsp3) is 0.467. The summed E-state index contributed by atoms with van der Waals surface area (Å²) in [6.45, 7) is 0. The number of hydrogen-bond donors (Lipinski definition) is 9. The topological polar surface area (TPSA) is 305 Å². The number of imidazole rings is 1. The van der Waals surface area contributed by atoms with Crippen molar-refractivity contribution in [2.75, 3.05) is 0 Å². The Morgan fingerprint density at radius 3 is 1.67 bits per heavy atom. The number of aliphatic carboxylic acids is 3. The zero-order valence-electron chi connectivity index (χ0n) is 15.9. The molecule has 3 unspecified atom stereocenters. The minimum atomic E-state index is -1.21. The molecule has 15 heteroatoms. The molecule has 0 aromatic carbocycles. The molecule has 0 radical (unpaired) electrons. The lowest BCUT2D eigenvalue weighted by atomic mass is 10.2. The van der Waals surface area contributed by atoms with Gasteiger partial charge in [0.05, 0.1) is 12.7 Å². The molecule has 1 aromatic rings. The van der Waals surface area contributed by atoms with E-state index in [0.29, 0.717) is 0 Å². The maximum absolute atomic E-state index is 10.3. The van der Waals surface area contributed by atoms with Gasteiger partial charge in [0.1, 0.15) is 18.1 Å². The maximum atomic E-state index is 10.3. The Kier molecular flexibility index (Phi) is 14.7. The number of carboxylic acid groups (broad SMARTS) is 3.